The van der Waals surface area contributed by atoms with Gasteiger partial charge in [-0.25, -0.2) is 0 Å². The Balaban J connectivity index is 1.55. The topological polar surface area (TPSA) is 33.7 Å². The van der Waals surface area contributed by atoms with E-state index in [1.54, 1.807) is 0 Å². The lowest BCUT2D eigenvalue weighted by molar-refractivity contribution is 0.0771. The van der Waals surface area contributed by atoms with Crippen LogP contribution in [0.3, 0.4) is 0 Å². The number of hydrogen-bond acceptors (Lipinski definition) is 4. The van der Waals surface area contributed by atoms with E-state index in [0.717, 1.165) is 46.1 Å². The van der Waals surface area contributed by atoms with Crippen LogP contribution in [0.1, 0.15) is 19.3 Å². The highest BCUT2D eigenvalue weighted by Crippen LogP contribution is 2.05. The Morgan fingerprint density at radius 2 is 1.81 bits per heavy atom. The molecule has 0 aliphatic carbocycles. The molecule has 2 aliphatic heterocycles. The van der Waals surface area contributed by atoms with Crippen LogP contribution in [0.5, 0.6) is 0 Å². The van der Waals surface area contributed by atoms with Gasteiger partial charge in [-0.15, -0.1) is 0 Å². The molecule has 0 atom stereocenters. The molecule has 4 nitrogen and oxygen atoms in total. The third-order valence-electron chi connectivity index (χ3n) is 3.40. The molecule has 0 amide bonds. The van der Waals surface area contributed by atoms with E-state index < -0.39 is 0 Å². The van der Waals surface area contributed by atoms with Crippen LogP contribution in [0.15, 0.2) is 0 Å². The molecule has 2 heterocycles. The van der Waals surface area contributed by atoms with Gasteiger partial charge in [0.05, 0.1) is 6.61 Å². The van der Waals surface area contributed by atoms with Crippen LogP contribution in [0.2, 0.25) is 0 Å². The summed E-state index contributed by atoms with van der Waals surface area (Å²) < 4.78 is 10.8. The number of nitrogens with zero attached hydrogens (tertiary/aromatic N) is 1. The Kier molecular flexibility index (Phi) is 5.55. The van der Waals surface area contributed by atoms with Crippen molar-refractivity contribution in [1.29, 1.82) is 0 Å². The smallest absolute Gasteiger partial charge is 0.0593 e. The Bertz CT molecular complexity index is 176. The number of ether oxygens (including phenoxy) is 2. The molecule has 0 spiro atoms. The zero-order chi connectivity index (χ0) is 11.1. The van der Waals surface area contributed by atoms with Crippen molar-refractivity contribution in [2.24, 2.45) is 0 Å². The van der Waals surface area contributed by atoms with E-state index in [1.807, 2.05) is 0 Å². The zero-order valence-corrected chi connectivity index (χ0v) is 10.1. The minimum Gasteiger partial charge on any atom is -0.381 e. The minimum absolute atomic E-state index is 0.678. The molecule has 94 valence electrons. The second-order valence-corrected chi connectivity index (χ2v) is 4.65. The summed E-state index contributed by atoms with van der Waals surface area (Å²) in [5, 5.41) is 3.63. The largest absolute Gasteiger partial charge is 0.381 e. The van der Waals surface area contributed by atoms with Gasteiger partial charge in [0.25, 0.3) is 0 Å². The molecule has 0 aromatic carbocycles. The predicted octanol–water partition coefficient (Wildman–Crippen LogP) is 0.477. The quantitative estimate of drug-likeness (QED) is 0.759. The molecule has 2 rings (SSSR count). The molecular formula is C12H24N2O2. The summed E-state index contributed by atoms with van der Waals surface area (Å²) in [6.07, 6.45) is 3.52. The van der Waals surface area contributed by atoms with E-state index in [2.05, 4.69) is 10.2 Å². The molecule has 2 fully saturated rings. The van der Waals surface area contributed by atoms with Crippen molar-refractivity contribution in [1.82, 2.24) is 10.2 Å². The number of rotatable bonds is 4. The molecule has 0 aromatic heterocycles. The molecule has 1 N–H and O–H groups in total. The highest BCUT2D eigenvalue weighted by molar-refractivity contribution is 4.71. The first kappa shape index (κ1) is 12.3. The Labute approximate surface area is 98.3 Å². The van der Waals surface area contributed by atoms with Crippen molar-refractivity contribution >= 4 is 0 Å². The summed E-state index contributed by atoms with van der Waals surface area (Å²) in [4.78, 5) is 2.50. The predicted molar refractivity (Wildman–Crippen MR) is 63.7 cm³/mol. The van der Waals surface area contributed by atoms with Gasteiger partial charge in [-0.05, 0) is 19.3 Å². The van der Waals surface area contributed by atoms with Crippen molar-refractivity contribution in [3.05, 3.63) is 0 Å². The summed E-state index contributed by atoms with van der Waals surface area (Å²) in [5.74, 6) is 0. The second kappa shape index (κ2) is 7.22. The number of hydrogen-bond donors (Lipinski definition) is 1. The SMILES string of the molecule is C1COCCN(CCNC2CCOCC2)C1. The average Bonchev–Trinajstić information content (AvgIpc) is 2.59. The highest BCUT2D eigenvalue weighted by atomic mass is 16.5. The molecular weight excluding hydrogens is 204 g/mol. The fourth-order valence-electron chi connectivity index (χ4n) is 2.35. The van der Waals surface area contributed by atoms with Crippen LogP contribution >= 0.6 is 0 Å². The highest BCUT2D eigenvalue weighted by Gasteiger charge is 2.13. The average molecular weight is 228 g/mol. The summed E-state index contributed by atoms with van der Waals surface area (Å²) in [5.41, 5.74) is 0. The van der Waals surface area contributed by atoms with E-state index in [1.165, 1.54) is 25.8 Å². The zero-order valence-electron chi connectivity index (χ0n) is 10.1. The van der Waals surface area contributed by atoms with Gasteiger partial charge in [0, 0.05) is 52.0 Å². The molecule has 2 aliphatic rings. The maximum Gasteiger partial charge on any atom is 0.0593 e. The molecule has 0 aromatic rings. The van der Waals surface area contributed by atoms with Crippen molar-refractivity contribution in [3.63, 3.8) is 0 Å². The minimum atomic E-state index is 0.678. The van der Waals surface area contributed by atoms with Crippen LogP contribution in [0.4, 0.5) is 0 Å². The summed E-state index contributed by atoms with van der Waals surface area (Å²) in [6.45, 7) is 8.22. The maximum atomic E-state index is 5.44. The molecule has 2 saturated heterocycles. The maximum absolute atomic E-state index is 5.44. The van der Waals surface area contributed by atoms with Gasteiger partial charge < -0.3 is 14.8 Å². The molecule has 0 unspecified atom stereocenters. The lowest BCUT2D eigenvalue weighted by Crippen LogP contribution is -2.40. The van der Waals surface area contributed by atoms with E-state index in [4.69, 9.17) is 9.47 Å². The summed E-state index contributed by atoms with van der Waals surface area (Å²) >= 11 is 0. The van der Waals surface area contributed by atoms with E-state index in [-0.39, 0.29) is 0 Å². The third-order valence-corrected chi connectivity index (χ3v) is 3.40. The van der Waals surface area contributed by atoms with Gasteiger partial charge in [0.1, 0.15) is 0 Å². The first-order chi connectivity index (χ1) is 7.95. The van der Waals surface area contributed by atoms with Crippen LogP contribution in [0, 0.1) is 0 Å². The van der Waals surface area contributed by atoms with Crippen LogP contribution in [0.25, 0.3) is 0 Å². The lowest BCUT2D eigenvalue weighted by atomic mass is 10.1. The van der Waals surface area contributed by atoms with Gasteiger partial charge in [-0.2, -0.15) is 0 Å². The molecule has 0 saturated carbocycles. The lowest BCUT2D eigenvalue weighted by Gasteiger charge is -2.25. The fraction of sp³-hybridized carbons (Fsp3) is 1.00. The molecule has 0 bridgehead atoms. The van der Waals surface area contributed by atoms with E-state index >= 15 is 0 Å². The molecule has 0 radical (unpaired) electrons. The summed E-state index contributed by atoms with van der Waals surface area (Å²) in [6, 6.07) is 0.678. The van der Waals surface area contributed by atoms with Gasteiger partial charge in [0.2, 0.25) is 0 Å². The van der Waals surface area contributed by atoms with Gasteiger partial charge in [0.15, 0.2) is 0 Å². The van der Waals surface area contributed by atoms with Crippen LogP contribution in [-0.2, 0) is 9.47 Å². The summed E-state index contributed by atoms with van der Waals surface area (Å²) in [7, 11) is 0. The third kappa shape index (κ3) is 4.37. The Hall–Kier alpha value is -0.160. The molecule has 4 heteroatoms. The van der Waals surface area contributed by atoms with Crippen molar-refractivity contribution < 1.29 is 9.47 Å². The monoisotopic (exact) mass is 228 g/mol. The van der Waals surface area contributed by atoms with Crippen molar-refractivity contribution in [2.45, 2.75) is 25.3 Å². The van der Waals surface area contributed by atoms with Gasteiger partial charge >= 0.3 is 0 Å². The van der Waals surface area contributed by atoms with E-state index in [9.17, 15) is 0 Å². The van der Waals surface area contributed by atoms with Gasteiger partial charge in [-0.3, -0.25) is 4.90 Å². The normalized spacial score (nSPS) is 25.5. The molecule has 16 heavy (non-hydrogen) atoms. The fourth-order valence-corrected chi connectivity index (χ4v) is 2.35. The standard InChI is InChI=1S/C12H24N2O2/c1-5-14(7-11-15-8-1)6-4-13-12-2-9-16-10-3-12/h12-13H,1-11H2. The van der Waals surface area contributed by atoms with Crippen LogP contribution in [-0.4, -0.2) is 63.5 Å². The first-order valence-electron chi connectivity index (χ1n) is 6.56. The Morgan fingerprint density at radius 1 is 1.00 bits per heavy atom. The van der Waals surface area contributed by atoms with E-state index in [0.29, 0.717) is 6.04 Å². The van der Waals surface area contributed by atoms with Crippen LogP contribution < -0.4 is 5.32 Å². The second-order valence-electron chi connectivity index (χ2n) is 4.65. The number of nitrogens with one attached hydrogen (secondary N) is 1. The van der Waals surface area contributed by atoms with Crippen molar-refractivity contribution in [3.8, 4) is 0 Å². The van der Waals surface area contributed by atoms with Crippen molar-refractivity contribution in [2.75, 3.05) is 52.6 Å². The Morgan fingerprint density at radius 3 is 2.69 bits per heavy atom. The first-order valence-corrected chi connectivity index (χ1v) is 6.56. The van der Waals surface area contributed by atoms with Gasteiger partial charge in [-0.1, -0.05) is 0 Å².